The highest BCUT2D eigenvalue weighted by atomic mass is 79.9. The number of thiophene rings is 1. The van der Waals surface area contributed by atoms with Crippen LogP contribution in [0.5, 0.6) is 0 Å². The number of carbonyl (C=O) groups is 2. The Morgan fingerprint density at radius 2 is 2.08 bits per heavy atom. The summed E-state index contributed by atoms with van der Waals surface area (Å²) < 4.78 is 1.40. The van der Waals surface area contributed by atoms with E-state index in [1.807, 2.05) is 44.2 Å². The first-order chi connectivity index (χ1) is 18.3. The van der Waals surface area contributed by atoms with Gasteiger partial charge in [0.05, 0.1) is 29.0 Å². The number of benzene rings is 1. The average Bonchev–Trinajstić information content (AvgIpc) is 3.53. The Morgan fingerprint density at radius 1 is 1.26 bits per heavy atom. The van der Waals surface area contributed by atoms with Gasteiger partial charge in [-0.05, 0) is 72.4 Å². The van der Waals surface area contributed by atoms with Crippen molar-refractivity contribution in [1.29, 1.82) is 5.26 Å². The molecule has 1 atom stereocenters. The number of anilines is 2. The first-order valence-corrected chi connectivity index (χ1v) is 15.2. The molecule has 2 aliphatic rings. The van der Waals surface area contributed by atoms with Gasteiger partial charge >= 0.3 is 0 Å². The SMILES string of the molecule is Cc1ccc(NC(=O)CSc2nnc(N3C(N)=C(C#N)C(c4ccc(C)s4)C4=C3CCCC4=O)s2)c(Br)c1. The molecule has 1 aliphatic carbocycles. The third kappa shape index (κ3) is 5.16. The number of hydrogen-bond acceptors (Lipinski definition) is 10. The third-order valence-corrected chi connectivity index (χ3v) is 10.0. The minimum atomic E-state index is -0.468. The Morgan fingerprint density at radius 3 is 2.79 bits per heavy atom. The molecule has 1 amide bonds. The number of aromatic nitrogens is 2. The molecule has 8 nitrogen and oxygen atoms in total. The van der Waals surface area contributed by atoms with Crippen molar-refractivity contribution in [3.8, 4) is 6.07 Å². The van der Waals surface area contributed by atoms with Crippen LogP contribution in [0.15, 0.2) is 61.8 Å². The largest absolute Gasteiger partial charge is 0.384 e. The molecule has 1 aliphatic heterocycles. The molecule has 1 unspecified atom stereocenters. The van der Waals surface area contributed by atoms with Crippen LogP contribution in [0.1, 0.15) is 40.5 Å². The lowest BCUT2D eigenvalue weighted by molar-refractivity contribution is -0.116. The van der Waals surface area contributed by atoms with Crippen LogP contribution in [-0.2, 0) is 9.59 Å². The highest BCUT2D eigenvalue weighted by Gasteiger charge is 2.41. The predicted molar refractivity (Wildman–Crippen MR) is 155 cm³/mol. The van der Waals surface area contributed by atoms with Gasteiger partial charge in [-0.2, -0.15) is 5.26 Å². The molecular weight excluding hydrogens is 604 g/mol. The molecule has 12 heteroatoms. The summed E-state index contributed by atoms with van der Waals surface area (Å²) in [6.07, 6.45) is 1.79. The number of carbonyl (C=O) groups excluding carboxylic acids is 2. The maximum absolute atomic E-state index is 13.2. The highest BCUT2D eigenvalue weighted by Crippen LogP contribution is 2.48. The van der Waals surface area contributed by atoms with Crippen LogP contribution in [0, 0.1) is 25.2 Å². The van der Waals surface area contributed by atoms with Crippen LogP contribution < -0.4 is 16.0 Å². The fraction of sp³-hybridized carbons (Fsp3) is 0.269. The van der Waals surface area contributed by atoms with E-state index < -0.39 is 5.92 Å². The Balaban J connectivity index is 1.40. The highest BCUT2D eigenvalue weighted by molar-refractivity contribution is 9.10. The Kier molecular flexibility index (Phi) is 7.72. The summed E-state index contributed by atoms with van der Waals surface area (Å²) in [4.78, 5) is 29.5. The van der Waals surface area contributed by atoms with Crippen LogP contribution in [0.4, 0.5) is 10.8 Å². The van der Waals surface area contributed by atoms with Gasteiger partial charge in [-0.3, -0.25) is 14.5 Å². The average molecular weight is 628 g/mol. The van der Waals surface area contributed by atoms with E-state index in [-0.39, 0.29) is 23.3 Å². The van der Waals surface area contributed by atoms with Crippen LogP contribution in [0.2, 0.25) is 0 Å². The van der Waals surface area contributed by atoms with Crippen molar-refractivity contribution in [2.45, 2.75) is 43.4 Å². The molecule has 0 spiro atoms. The first kappa shape index (κ1) is 26.6. The number of nitrogens with one attached hydrogen (secondary N) is 1. The maximum Gasteiger partial charge on any atom is 0.234 e. The number of amides is 1. The van der Waals surface area contributed by atoms with Crippen molar-refractivity contribution in [1.82, 2.24) is 10.2 Å². The Bertz CT molecular complexity index is 1550. The number of Topliss-reactive ketones (excluding diaryl/α,β-unsaturated/α-hetero) is 1. The maximum atomic E-state index is 13.2. The lowest BCUT2D eigenvalue weighted by atomic mass is 9.78. The van der Waals surface area contributed by atoms with Crippen molar-refractivity contribution >= 4 is 72.9 Å². The number of aryl methyl sites for hydroxylation is 2. The van der Waals surface area contributed by atoms with Crippen LogP contribution in [0.3, 0.4) is 0 Å². The molecule has 3 heterocycles. The summed E-state index contributed by atoms with van der Waals surface area (Å²) in [5, 5.41) is 22.1. The summed E-state index contributed by atoms with van der Waals surface area (Å²) in [5.74, 6) is -0.186. The van der Waals surface area contributed by atoms with Gasteiger partial charge in [-0.1, -0.05) is 29.2 Å². The second-order valence-electron chi connectivity index (χ2n) is 8.94. The van der Waals surface area contributed by atoms with E-state index in [1.165, 1.54) is 23.1 Å². The number of nitrogens with zero attached hydrogens (tertiary/aromatic N) is 4. The number of halogens is 1. The summed E-state index contributed by atoms with van der Waals surface area (Å²) >= 11 is 7.59. The number of thioether (sulfide) groups is 1. The molecule has 0 saturated heterocycles. The van der Waals surface area contributed by atoms with E-state index in [2.05, 4.69) is 37.5 Å². The molecule has 5 rings (SSSR count). The molecule has 1 aromatic carbocycles. The Hall–Kier alpha value is -2.98. The standard InChI is InChI=1S/C26H23BrN6O2S3/c1-13-6-8-17(16(27)10-13)30-21(35)12-36-26-32-31-25(38-26)33-18-4-3-5-19(34)23(18)22(15(11-28)24(33)29)20-9-7-14(2)37-20/h6-10,22H,3-5,12,29H2,1-2H3,(H,30,35). The van der Waals surface area contributed by atoms with Gasteiger partial charge in [0.15, 0.2) is 10.1 Å². The van der Waals surface area contributed by atoms with Gasteiger partial charge in [-0.15, -0.1) is 21.5 Å². The molecule has 0 saturated carbocycles. The second kappa shape index (κ2) is 11.0. The Labute approximate surface area is 240 Å². The van der Waals surface area contributed by atoms with Gasteiger partial charge in [0.2, 0.25) is 11.0 Å². The van der Waals surface area contributed by atoms with Crippen molar-refractivity contribution in [2.24, 2.45) is 5.73 Å². The van der Waals surface area contributed by atoms with Crippen molar-refractivity contribution < 1.29 is 9.59 Å². The van der Waals surface area contributed by atoms with Gasteiger partial charge in [0.1, 0.15) is 5.82 Å². The van der Waals surface area contributed by atoms with Crippen molar-refractivity contribution in [2.75, 3.05) is 16.0 Å². The zero-order valence-electron chi connectivity index (χ0n) is 20.6. The monoisotopic (exact) mass is 626 g/mol. The zero-order valence-corrected chi connectivity index (χ0v) is 24.6. The number of nitrogens with two attached hydrogens (primary N) is 1. The van der Waals surface area contributed by atoms with E-state index in [0.717, 1.165) is 25.5 Å². The molecule has 0 fully saturated rings. The van der Waals surface area contributed by atoms with Gasteiger partial charge in [0, 0.05) is 31.9 Å². The van der Waals surface area contributed by atoms with Crippen LogP contribution in [-0.4, -0.2) is 27.6 Å². The summed E-state index contributed by atoms with van der Waals surface area (Å²) in [6.45, 7) is 3.98. The molecule has 38 heavy (non-hydrogen) atoms. The summed E-state index contributed by atoms with van der Waals surface area (Å²) in [5.41, 5.74) is 10.1. The fourth-order valence-electron chi connectivity index (χ4n) is 4.58. The van der Waals surface area contributed by atoms with E-state index in [4.69, 9.17) is 5.73 Å². The lowest BCUT2D eigenvalue weighted by Gasteiger charge is -2.37. The molecule has 0 radical (unpaired) electrons. The number of hydrogen-bond donors (Lipinski definition) is 2. The van der Waals surface area contributed by atoms with Gasteiger partial charge in [-0.25, -0.2) is 0 Å². The zero-order chi connectivity index (χ0) is 27.0. The van der Waals surface area contributed by atoms with E-state index >= 15 is 0 Å². The molecule has 3 aromatic rings. The third-order valence-electron chi connectivity index (χ3n) is 6.27. The lowest BCUT2D eigenvalue weighted by Crippen LogP contribution is -2.38. The topological polar surface area (TPSA) is 125 Å². The second-order valence-corrected chi connectivity index (χ2v) is 13.3. The van der Waals surface area contributed by atoms with Crippen molar-refractivity contribution in [3.63, 3.8) is 0 Å². The smallest absolute Gasteiger partial charge is 0.234 e. The number of rotatable bonds is 6. The predicted octanol–water partition coefficient (Wildman–Crippen LogP) is 6.01. The summed E-state index contributed by atoms with van der Waals surface area (Å²) in [6, 6.07) is 12.0. The van der Waals surface area contributed by atoms with Gasteiger partial charge in [0.25, 0.3) is 0 Å². The van der Waals surface area contributed by atoms with E-state index in [9.17, 15) is 14.9 Å². The minimum Gasteiger partial charge on any atom is -0.384 e. The molecule has 2 aromatic heterocycles. The van der Waals surface area contributed by atoms with E-state index in [1.54, 1.807) is 16.2 Å². The number of allylic oxidation sites excluding steroid dienone is 3. The quantitative estimate of drug-likeness (QED) is 0.318. The summed E-state index contributed by atoms with van der Waals surface area (Å²) in [7, 11) is 0. The minimum absolute atomic E-state index is 0.0330. The van der Waals surface area contributed by atoms with E-state index in [0.29, 0.717) is 45.6 Å². The van der Waals surface area contributed by atoms with Crippen LogP contribution in [0.25, 0.3) is 0 Å². The molecule has 3 N–H and O–H groups in total. The molecule has 194 valence electrons. The molecular formula is C26H23BrN6O2S3. The number of ketones is 1. The number of nitriles is 1. The molecule has 0 bridgehead atoms. The first-order valence-electron chi connectivity index (χ1n) is 11.8. The van der Waals surface area contributed by atoms with Gasteiger partial charge < -0.3 is 11.1 Å². The van der Waals surface area contributed by atoms with Crippen molar-refractivity contribution in [3.05, 3.63) is 72.8 Å². The fourth-order valence-corrected chi connectivity index (χ4v) is 7.85. The normalized spacial score (nSPS) is 17.5. The van der Waals surface area contributed by atoms with Crippen LogP contribution >= 0.6 is 50.4 Å².